The summed E-state index contributed by atoms with van der Waals surface area (Å²) in [4.78, 5) is 8.51. The van der Waals surface area contributed by atoms with Crippen LogP contribution in [0.15, 0.2) is 53.7 Å². The molecule has 0 atom stereocenters. The van der Waals surface area contributed by atoms with Gasteiger partial charge < -0.3 is 9.47 Å². The van der Waals surface area contributed by atoms with Crippen LogP contribution in [-0.4, -0.2) is 32.6 Å². The van der Waals surface area contributed by atoms with E-state index in [-0.39, 0.29) is 11.4 Å². The van der Waals surface area contributed by atoms with Gasteiger partial charge in [-0.2, -0.15) is 0 Å². The number of aromatic nitrogens is 2. The van der Waals surface area contributed by atoms with Gasteiger partial charge in [0.05, 0.1) is 30.1 Å². The smallest absolute Gasteiger partial charge is 0.241 e. The highest BCUT2D eigenvalue weighted by Gasteiger charge is 2.17. The highest BCUT2D eigenvalue weighted by atomic mass is 32.2. The molecule has 0 radical (unpaired) electrons. The number of methoxy groups -OCH3 is 2. The van der Waals surface area contributed by atoms with Crippen molar-refractivity contribution in [2.75, 3.05) is 14.2 Å². The van der Waals surface area contributed by atoms with E-state index in [1.165, 1.54) is 26.4 Å². The molecule has 7 nitrogen and oxygen atoms in total. The fourth-order valence-electron chi connectivity index (χ4n) is 2.36. The molecule has 0 fully saturated rings. The van der Waals surface area contributed by atoms with Crippen molar-refractivity contribution in [1.29, 1.82) is 0 Å². The van der Waals surface area contributed by atoms with Crippen molar-refractivity contribution in [3.05, 3.63) is 54.4 Å². The van der Waals surface area contributed by atoms with E-state index in [4.69, 9.17) is 9.47 Å². The van der Waals surface area contributed by atoms with Gasteiger partial charge in [0, 0.05) is 25.0 Å². The first-order valence-electron chi connectivity index (χ1n) is 7.45. The van der Waals surface area contributed by atoms with Crippen LogP contribution in [0.2, 0.25) is 0 Å². The molecule has 0 spiro atoms. The lowest BCUT2D eigenvalue weighted by atomic mass is 10.2. The number of benzene rings is 2. The van der Waals surface area contributed by atoms with E-state index in [0.717, 1.165) is 11.1 Å². The van der Waals surface area contributed by atoms with E-state index in [1.807, 2.05) is 12.1 Å². The van der Waals surface area contributed by atoms with Crippen LogP contribution in [0.25, 0.3) is 11.0 Å². The lowest BCUT2D eigenvalue weighted by molar-refractivity contribution is 0.354. The molecular formula is C17H17N3O4S. The normalized spacial score (nSPS) is 11.4. The van der Waals surface area contributed by atoms with Crippen LogP contribution in [0, 0.1) is 0 Å². The molecule has 0 bridgehead atoms. The van der Waals surface area contributed by atoms with Crippen LogP contribution in [0.4, 0.5) is 0 Å². The molecule has 2 aromatic carbocycles. The molecule has 25 heavy (non-hydrogen) atoms. The number of hydrogen-bond donors (Lipinski definition) is 1. The summed E-state index contributed by atoms with van der Waals surface area (Å²) in [6, 6.07) is 9.87. The number of fused-ring (bicyclic) bond motifs is 1. The zero-order valence-electron chi connectivity index (χ0n) is 13.8. The molecule has 3 rings (SSSR count). The Kier molecular flexibility index (Phi) is 4.82. The van der Waals surface area contributed by atoms with Crippen LogP contribution < -0.4 is 14.2 Å². The van der Waals surface area contributed by atoms with Crippen molar-refractivity contribution in [3.8, 4) is 11.5 Å². The molecule has 1 aromatic heterocycles. The first-order chi connectivity index (χ1) is 12.0. The molecule has 1 N–H and O–H groups in total. The molecule has 0 saturated carbocycles. The minimum absolute atomic E-state index is 0.103. The van der Waals surface area contributed by atoms with Crippen molar-refractivity contribution in [3.63, 3.8) is 0 Å². The highest BCUT2D eigenvalue weighted by molar-refractivity contribution is 7.89. The van der Waals surface area contributed by atoms with Gasteiger partial charge in [-0.25, -0.2) is 13.1 Å². The maximum atomic E-state index is 12.5. The maximum Gasteiger partial charge on any atom is 0.241 e. The Labute approximate surface area is 145 Å². The highest BCUT2D eigenvalue weighted by Crippen LogP contribution is 2.29. The number of ether oxygens (including phenoxy) is 2. The molecule has 0 aliphatic rings. The third-order valence-corrected chi connectivity index (χ3v) is 5.06. The average molecular weight is 359 g/mol. The van der Waals surface area contributed by atoms with E-state index in [9.17, 15) is 8.42 Å². The average Bonchev–Trinajstić information content (AvgIpc) is 2.65. The van der Waals surface area contributed by atoms with Crippen molar-refractivity contribution >= 4 is 21.1 Å². The number of sulfonamides is 1. The number of nitrogens with zero attached hydrogens (tertiary/aromatic N) is 2. The van der Waals surface area contributed by atoms with E-state index < -0.39 is 10.0 Å². The Morgan fingerprint density at radius 2 is 1.64 bits per heavy atom. The largest absolute Gasteiger partial charge is 0.493 e. The van der Waals surface area contributed by atoms with Gasteiger partial charge in [0.25, 0.3) is 0 Å². The predicted molar refractivity (Wildman–Crippen MR) is 93.1 cm³/mol. The van der Waals surface area contributed by atoms with Gasteiger partial charge in [-0.05, 0) is 29.8 Å². The summed E-state index contributed by atoms with van der Waals surface area (Å²) in [5.41, 5.74) is 2.26. The summed E-state index contributed by atoms with van der Waals surface area (Å²) >= 11 is 0. The Morgan fingerprint density at radius 3 is 2.36 bits per heavy atom. The zero-order chi connectivity index (χ0) is 17.9. The fraction of sp³-hybridized carbons (Fsp3) is 0.176. The fourth-order valence-corrected chi connectivity index (χ4v) is 3.40. The van der Waals surface area contributed by atoms with Crippen molar-refractivity contribution in [2.24, 2.45) is 0 Å². The lowest BCUT2D eigenvalue weighted by Crippen LogP contribution is -2.23. The molecule has 0 aliphatic heterocycles. The van der Waals surface area contributed by atoms with Gasteiger partial charge in [0.15, 0.2) is 11.5 Å². The van der Waals surface area contributed by atoms with Crippen LogP contribution in [0.5, 0.6) is 11.5 Å². The minimum atomic E-state index is -3.69. The van der Waals surface area contributed by atoms with Gasteiger partial charge >= 0.3 is 0 Å². The molecule has 130 valence electrons. The molecule has 3 aromatic rings. The Hall–Kier alpha value is -2.71. The number of hydrogen-bond acceptors (Lipinski definition) is 6. The zero-order valence-corrected chi connectivity index (χ0v) is 14.6. The summed E-state index contributed by atoms with van der Waals surface area (Å²) in [6.45, 7) is 0.142. The first kappa shape index (κ1) is 17.1. The second-order valence-electron chi connectivity index (χ2n) is 5.22. The topological polar surface area (TPSA) is 90.4 Å². The lowest BCUT2D eigenvalue weighted by Gasteiger charge is -2.11. The third-order valence-electron chi connectivity index (χ3n) is 3.67. The Bertz CT molecular complexity index is 1010. The number of rotatable bonds is 6. The van der Waals surface area contributed by atoms with Gasteiger partial charge in [0.2, 0.25) is 10.0 Å². The molecule has 0 saturated heterocycles. The first-order valence-corrected chi connectivity index (χ1v) is 8.93. The Morgan fingerprint density at radius 1 is 0.920 bits per heavy atom. The van der Waals surface area contributed by atoms with E-state index in [2.05, 4.69) is 14.7 Å². The maximum absolute atomic E-state index is 12.5. The SMILES string of the molecule is COc1ccc(S(=O)(=O)NCc2ccc3nccnc3c2)cc1OC. The molecule has 0 amide bonds. The van der Waals surface area contributed by atoms with Crippen LogP contribution in [-0.2, 0) is 16.6 Å². The minimum Gasteiger partial charge on any atom is -0.493 e. The molecule has 0 unspecified atom stereocenters. The quantitative estimate of drug-likeness (QED) is 0.725. The van der Waals surface area contributed by atoms with Gasteiger partial charge in [0.1, 0.15) is 0 Å². The summed E-state index contributed by atoms with van der Waals surface area (Å²) in [7, 11) is -0.742. The second kappa shape index (κ2) is 7.04. The van der Waals surface area contributed by atoms with Crippen LogP contribution in [0.3, 0.4) is 0 Å². The van der Waals surface area contributed by atoms with Crippen LogP contribution in [0.1, 0.15) is 5.56 Å². The third kappa shape index (κ3) is 3.70. The summed E-state index contributed by atoms with van der Waals surface area (Å²) < 4.78 is 37.8. The number of nitrogens with one attached hydrogen (secondary N) is 1. The van der Waals surface area contributed by atoms with Crippen molar-refractivity contribution in [1.82, 2.24) is 14.7 Å². The van der Waals surface area contributed by atoms with Crippen LogP contribution >= 0.6 is 0 Å². The molecule has 8 heteroatoms. The van der Waals surface area contributed by atoms with E-state index in [1.54, 1.807) is 24.5 Å². The van der Waals surface area contributed by atoms with Gasteiger partial charge in [-0.15, -0.1) is 0 Å². The predicted octanol–water partition coefficient (Wildman–Crippen LogP) is 2.13. The van der Waals surface area contributed by atoms with Crippen molar-refractivity contribution in [2.45, 2.75) is 11.4 Å². The monoisotopic (exact) mass is 359 g/mol. The Balaban J connectivity index is 1.81. The summed E-state index contributed by atoms with van der Waals surface area (Å²) in [5, 5.41) is 0. The summed E-state index contributed by atoms with van der Waals surface area (Å²) in [6.07, 6.45) is 3.21. The van der Waals surface area contributed by atoms with Gasteiger partial charge in [-0.1, -0.05) is 6.07 Å². The standard InChI is InChI=1S/C17H17N3O4S/c1-23-16-6-4-13(10-17(16)24-2)25(21,22)20-11-12-3-5-14-15(9-12)19-8-7-18-14/h3-10,20H,11H2,1-2H3. The molecule has 1 heterocycles. The van der Waals surface area contributed by atoms with E-state index in [0.29, 0.717) is 17.0 Å². The molecular weight excluding hydrogens is 342 g/mol. The second-order valence-corrected chi connectivity index (χ2v) is 6.99. The summed E-state index contributed by atoms with van der Waals surface area (Å²) in [5.74, 6) is 0.820. The van der Waals surface area contributed by atoms with Gasteiger partial charge in [-0.3, -0.25) is 9.97 Å². The molecule has 0 aliphatic carbocycles. The van der Waals surface area contributed by atoms with E-state index >= 15 is 0 Å². The van der Waals surface area contributed by atoms with Crippen molar-refractivity contribution < 1.29 is 17.9 Å².